The van der Waals surface area contributed by atoms with Crippen LogP contribution in [0.2, 0.25) is 0 Å². The van der Waals surface area contributed by atoms with Gasteiger partial charge in [0.25, 0.3) is 0 Å². The molecule has 0 aliphatic carbocycles. The lowest BCUT2D eigenvalue weighted by molar-refractivity contribution is -0.167. The Bertz CT molecular complexity index is 896. The Labute approximate surface area is 341 Å². The summed E-state index contributed by atoms with van der Waals surface area (Å²) in [7, 11) is 0. The van der Waals surface area contributed by atoms with Crippen LogP contribution in [-0.4, -0.2) is 37.2 Å². The van der Waals surface area contributed by atoms with Crippen LogP contribution >= 0.6 is 0 Å². The Morgan fingerprint density at radius 1 is 0.345 bits per heavy atom. The molecule has 6 heteroatoms. The van der Waals surface area contributed by atoms with Crippen molar-refractivity contribution < 1.29 is 28.6 Å². The van der Waals surface area contributed by atoms with Gasteiger partial charge in [0.2, 0.25) is 0 Å². The summed E-state index contributed by atoms with van der Waals surface area (Å²) in [6, 6.07) is 0. The predicted octanol–water partition coefficient (Wildman–Crippen LogP) is 15.2. The van der Waals surface area contributed by atoms with E-state index in [1.54, 1.807) is 0 Å². The smallest absolute Gasteiger partial charge is 0.306 e. The fraction of sp³-hybridized carbons (Fsp3) is 0.857. The average Bonchev–Trinajstić information content (AvgIpc) is 3.18. The molecule has 0 bridgehead atoms. The molecule has 322 valence electrons. The first-order chi connectivity index (χ1) is 27.0. The van der Waals surface area contributed by atoms with E-state index in [9.17, 15) is 14.4 Å². The third kappa shape index (κ3) is 42.9. The van der Waals surface area contributed by atoms with Gasteiger partial charge in [0.1, 0.15) is 13.2 Å². The van der Waals surface area contributed by atoms with E-state index in [4.69, 9.17) is 14.2 Å². The van der Waals surface area contributed by atoms with Crippen LogP contribution in [0.5, 0.6) is 0 Å². The second-order valence-corrected chi connectivity index (χ2v) is 16.0. The zero-order valence-electron chi connectivity index (χ0n) is 36.7. The number of hydrogen-bond donors (Lipinski definition) is 0. The molecule has 0 heterocycles. The lowest BCUT2D eigenvalue weighted by Gasteiger charge is -2.18. The van der Waals surface area contributed by atoms with Crippen LogP contribution < -0.4 is 0 Å². The van der Waals surface area contributed by atoms with Crippen LogP contribution in [0.15, 0.2) is 24.3 Å². The van der Waals surface area contributed by atoms with Crippen molar-refractivity contribution in [2.75, 3.05) is 13.2 Å². The zero-order valence-corrected chi connectivity index (χ0v) is 36.7. The van der Waals surface area contributed by atoms with E-state index in [-0.39, 0.29) is 31.1 Å². The molecule has 1 unspecified atom stereocenters. The summed E-state index contributed by atoms with van der Waals surface area (Å²) in [5.41, 5.74) is 0. The molecule has 0 aromatic heterocycles. The lowest BCUT2D eigenvalue weighted by atomic mass is 10.0. The van der Waals surface area contributed by atoms with E-state index in [0.717, 1.165) is 77.0 Å². The largest absolute Gasteiger partial charge is 0.462 e. The molecule has 0 aliphatic heterocycles. The second kappa shape index (κ2) is 44.6. The predicted molar refractivity (Wildman–Crippen MR) is 233 cm³/mol. The van der Waals surface area contributed by atoms with Crippen LogP contribution in [-0.2, 0) is 28.6 Å². The van der Waals surface area contributed by atoms with Crippen molar-refractivity contribution in [3.63, 3.8) is 0 Å². The van der Waals surface area contributed by atoms with Crippen molar-refractivity contribution >= 4 is 17.9 Å². The van der Waals surface area contributed by atoms with E-state index in [2.05, 4.69) is 45.1 Å². The molecular formula is C49H90O6. The molecule has 0 radical (unpaired) electrons. The first kappa shape index (κ1) is 52.9. The highest BCUT2D eigenvalue weighted by molar-refractivity contribution is 5.71. The fourth-order valence-electron chi connectivity index (χ4n) is 6.79. The Kier molecular flexibility index (Phi) is 42.9. The minimum Gasteiger partial charge on any atom is -0.462 e. The number of ether oxygens (including phenoxy) is 3. The van der Waals surface area contributed by atoms with Crippen LogP contribution in [0, 0.1) is 0 Å². The number of unbranched alkanes of at least 4 members (excludes halogenated alkanes) is 28. The van der Waals surface area contributed by atoms with Gasteiger partial charge >= 0.3 is 17.9 Å². The monoisotopic (exact) mass is 775 g/mol. The minimum absolute atomic E-state index is 0.0753. The Hall–Kier alpha value is -2.11. The van der Waals surface area contributed by atoms with Crippen LogP contribution in [0.1, 0.15) is 252 Å². The fourth-order valence-corrected chi connectivity index (χ4v) is 6.79. The highest BCUT2D eigenvalue weighted by atomic mass is 16.6. The highest BCUT2D eigenvalue weighted by Crippen LogP contribution is 2.15. The van der Waals surface area contributed by atoms with Gasteiger partial charge in [-0.3, -0.25) is 14.4 Å². The summed E-state index contributed by atoms with van der Waals surface area (Å²) in [4.78, 5) is 37.7. The first-order valence-corrected chi connectivity index (χ1v) is 23.8. The topological polar surface area (TPSA) is 78.9 Å². The van der Waals surface area contributed by atoms with E-state index in [0.29, 0.717) is 19.3 Å². The normalized spacial score (nSPS) is 12.1. The minimum atomic E-state index is -0.771. The Balaban J connectivity index is 4.34. The number of carbonyl (C=O) groups is 3. The molecule has 0 saturated heterocycles. The molecule has 0 N–H and O–H groups in total. The van der Waals surface area contributed by atoms with Crippen molar-refractivity contribution in [2.24, 2.45) is 0 Å². The van der Waals surface area contributed by atoms with Gasteiger partial charge in [0, 0.05) is 19.3 Å². The molecule has 55 heavy (non-hydrogen) atoms. The van der Waals surface area contributed by atoms with Gasteiger partial charge in [0.15, 0.2) is 6.10 Å². The van der Waals surface area contributed by atoms with Crippen molar-refractivity contribution in [2.45, 2.75) is 258 Å². The molecule has 0 rings (SSSR count). The van der Waals surface area contributed by atoms with Crippen molar-refractivity contribution in [1.82, 2.24) is 0 Å². The van der Waals surface area contributed by atoms with Gasteiger partial charge in [-0.15, -0.1) is 0 Å². The number of carbonyl (C=O) groups excluding carboxylic acids is 3. The zero-order chi connectivity index (χ0) is 40.1. The molecule has 0 amide bonds. The maximum absolute atomic E-state index is 12.7. The van der Waals surface area contributed by atoms with Crippen LogP contribution in [0.25, 0.3) is 0 Å². The van der Waals surface area contributed by atoms with Gasteiger partial charge in [0.05, 0.1) is 0 Å². The van der Waals surface area contributed by atoms with Gasteiger partial charge in [-0.2, -0.15) is 0 Å². The summed E-state index contributed by atoms with van der Waals surface area (Å²) in [6.45, 7) is 6.56. The van der Waals surface area contributed by atoms with Gasteiger partial charge < -0.3 is 14.2 Å². The van der Waals surface area contributed by atoms with Gasteiger partial charge in [-0.05, 0) is 64.2 Å². The lowest BCUT2D eigenvalue weighted by Crippen LogP contribution is -2.30. The highest BCUT2D eigenvalue weighted by Gasteiger charge is 2.19. The van der Waals surface area contributed by atoms with E-state index in [1.165, 1.54) is 135 Å². The molecule has 0 saturated carbocycles. The third-order valence-electron chi connectivity index (χ3n) is 10.4. The number of esters is 3. The van der Waals surface area contributed by atoms with Crippen molar-refractivity contribution in [3.8, 4) is 0 Å². The Morgan fingerprint density at radius 2 is 0.636 bits per heavy atom. The maximum Gasteiger partial charge on any atom is 0.306 e. The van der Waals surface area contributed by atoms with E-state index < -0.39 is 6.10 Å². The quantitative estimate of drug-likeness (QED) is 0.0266. The summed E-state index contributed by atoms with van der Waals surface area (Å²) in [6.07, 6.45) is 48.7. The van der Waals surface area contributed by atoms with Gasteiger partial charge in [-0.25, -0.2) is 0 Å². The molecule has 0 spiro atoms. The third-order valence-corrected chi connectivity index (χ3v) is 10.4. The molecule has 0 aliphatic rings. The van der Waals surface area contributed by atoms with Crippen LogP contribution in [0.4, 0.5) is 0 Å². The molecule has 6 nitrogen and oxygen atoms in total. The molecular weight excluding hydrogens is 685 g/mol. The molecule has 0 aromatic carbocycles. The van der Waals surface area contributed by atoms with Crippen molar-refractivity contribution in [1.29, 1.82) is 0 Å². The number of rotatable bonds is 43. The first-order valence-electron chi connectivity index (χ1n) is 23.8. The summed E-state index contributed by atoms with van der Waals surface area (Å²) in [5, 5.41) is 0. The summed E-state index contributed by atoms with van der Waals surface area (Å²) in [5.74, 6) is -0.887. The van der Waals surface area contributed by atoms with Gasteiger partial charge in [-0.1, -0.05) is 193 Å². The number of allylic oxidation sites excluding steroid dienone is 4. The maximum atomic E-state index is 12.7. The standard InChI is InChI=1S/C49H90O6/c1-4-7-10-13-16-19-22-24-25-26-28-30-33-36-39-42-48(51)54-45-46(44-53-47(50)41-38-35-32-29-21-18-15-12-9-6-3)55-49(52)43-40-37-34-31-27-23-20-17-14-11-8-5-2/h12,15,24-25,46H,4-11,13-14,16-23,26-45H2,1-3H3/b15-12-,25-24-. The van der Waals surface area contributed by atoms with E-state index in [1.807, 2.05) is 0 Å². The summed E-state index contributed by atoms with van der Waals surface area (Å²) < 4.78 is 16.7. The Morgan fingerprint density at radius 3 is 0.982 bits per heavy atom. The number of hydrogen-bond acceptors (Lipinski definition) is 6. The van der Waals surface area contributed by atoms with Crippen molar-refractivity contribution in [3.05, 3.63) is 24.3 Å². The molecule has 1 atom stereocenters. The summed E-state index contributed by atoms with van der Waals surface area (Å²) >= 11 is 0. The molecule has 0 fully saturated rings. The van der Waals surface area contributed by atoms with E-state index >= 15 is 0 Å². The SMILES string of the molecule is CCC/C=C\CCCCCCCC(=O)OCC(COC(=O)CCCCCCC/C=C\CCCCCCCC)OC(=O)CCCCCCCCCCCCCC. The average molecular weight is 775 g/mol. The molecule has 0 aromatic rings. The van der Waals surface area contributed by atoms with Crippen LogP contribution in [0.3, 0.4) is 0 Å². The second-order valence-electron chi connectivity index (χ2n) is 16.0.